The molecule has 144 valence electrons. The number of anilines is 1. The number of rotatable bonds is 6. The average molecular weight is 380 g/mol. The van der Waals surface area contributed by atoms with Crippen molar-refractivity contribution in [3.8, 4) is 11.5 Å². The molecule has 0 unspecified atom stereocenters. The molecule has 0 aromatic heterocycles. The standard InChI is InChI=1S/C21H20N2O5/c1-13(21(26)23-17-6-4-16(5-7-17)14(2)24)9-20(25)22-11-15-3-8-18-19(10-15)28-12-27-18/h3-10H,11-12H2,1-2H3,(H,22,25)(H,23,26)/b13-9-. The number of benzene rings is 2. The molecule has 7 heteroatoms. The second-order valence-electron chi connectivity index (χ2n) is 6.32. The summed E-state index contributed by atoms with van der Waals surface area (Å²) in [5.74, 6) is 0.506. The molecule has 0 saturated carbocycles. The van der Waals surface area contributed by atoms with E-state index in [9.17, 15) is 14.4 Å². The second kappa shape index (κ2) is 8.39. The van der Waals surface area contributed by atoms with Gasteiger partial charge in [-0.2, -0.15) is 0 Å². The molecule has 0 radical (unpaired) electrons. The number of fused-ring (bicyclic) bond motifs is 1. The highest BCUT2D eigenvalue weighted by Gasteiger charge is 2.13. The number of ketones is 1. The fourth-order valence-corrected chi connectivity index (χ4v) is 2.57. The van der Waals surface area contributed by atoms with Crippen LogP contribution < -0.4 is 20.1 Å². The Kier molecular flexibility index (Phi) is 5.74. The van der Waals surface area contributed by atoms with Gasteiger partial charge in [-0.3, -0.25) is 14.4 Å². The van der Waals surface area contributed by atoms with Crippen LogP contribution in [0.15, 0.2) is 54.1 Å². The lowest BCUT2D eigenvalue weighted by atomic mass is 10.1. The summed E-state index contributed by atoms with van der Waals surface area (Å²) in [4.78, 5) is 35.6. The third-order valence-corrected chi connectivity index (χ3v) is 4.16. The fraction of sp³-hybridized carbons (Fsp3) is 0.190. The zero-order chi connectivity index (χ0) is 20.1. The fourth-order valence-electron chi connectivity index (χ4n) is 2.57. The summed E-state index contributed by atoms with van der Waals surface area (Å²) in [5.41, 5.74) is 2.23. The second-order valence-corrected chi connectivity index (χ2v) is 6.32. The van der Waals surface area contributed by atoms with Crippen molar-refractivity contribution >= 4 is 23.3 Å². The van der Waals surface area contributed by atoms with Crippen molar-refractivity contribution in [3.05, 3.63) is 65.2 Å². The molecular weight excluding hydrogens is 360 g/mol. The molecule has 1 aliphatic rings. The summed E-state index contributed by atoms with van der Waals surface area (Å²) in [7, 11) is 0. The van der Waals surface area contributed by atoms with E-state index in [0.29, 0.717) is 29.3 Å². The summed E-state index contributed by atoms with van der Waals surface area (Å²) in [6.07, 6.45) is 1.24. The molecule has 3 rings (SSSR count). The van der Waals surface area contributed by atoms with E-state index in [4.69, 9.17) is 9.47 Å². The number of ether oxygens (including phenoxy) is 2. The van der Waals surface area contributed by atoms with Gasteiger partial charge in [-0.15, -0.1) is 0 Å². The number of hydrogen-bond donors (Lipinski definition) is 2. The maximum Gasteiger partial charge on any atom is 0.251 e. The number of nitrogens with one attached hydrogen (secondary N) is 2. The Morgan fingerprint density at radius 2 is 1.71 bits per heavy atom. The largest absolute Gasteiger partial charge is 0.454 e. The van der Waals surface area contributed by atoms with Gasteiger partial charge in [0.2, 0.25) is 12.7 Å². The van der Waals surface area contributed by atoms with E-state index in [2.05, 4.69) is 10.6 Å². The van der Waals surface area contributed by atoms with Crippen LogP contribution in [-0.2, 0) is 16.1 Å². The monoisotopic (exact) mass is 380 g/mol. The Hall–Kier alpha value is -3.61. The van der Waals surface area contributed by atoms with Crippen molar-refractivity contribution in [3.63, 3.8) is 0 Å². The van der Waals surface area contributed by atoms with Crippen molar-refractivity contribution in [2.75, 3.05) is 12.1 Å². The van der Waals surface area contributed by atoms with Gasteiger partial charge in [0.1, 0.15) is 0 Å². The van der Waals surface area contributed by atoms with Crippen molar-refractivity contribution in [2.24, 2.45) is 0 Å². The van der Waals surface area contributed by atoms with Gasteiger partial charge < -0.3 is 20.1 Å². The lowest BCUT2D eigenvalue weighted by Gasteiger charge is -2.07. The Morgan fingerprint density at radius 1 is 1.00 bits per heavy atom. The number of Topliss-reactive ketones (excluding diaryl/α,β-unsaturated/α-hetero) is 1. The van der Waals surface area contributed by atoms with Crippen molar-refractivity contribution in [1.82, 2.24) is 5.32 Å². The van der Waals surface area contributed by atoms with Crippen molar-refractivity contribution in [2.45, 2.75) is 20.4 Å². The Labute approximate surface area is 162 Å². The minimum atomic E-state index is -0.395. The van der Waals surface area contributed by atoms with Crippen LogP contribution in [0.1, 0.15) is 29.8 Å². The van der Waals surface area contributed by atoms with Gasteiger partial charge in [0, 0.05) is 29.4 Å². The molecular formula is C21H20N2O5. The van der Waals surface area contributed by atoms with E-state index in [-0.39, 0.29) is 24.1 Å². The van der Waals surface area contributed by atoms with Gasteiger partial charge in [0.05, 0.1) is 0 Å². The summed E-state index contributed by atoms with van der Waals surface area (Å²) < 4.78 is 10.5. The number of carbonyl (C=O) groups is 3. The Balaban J connectivity index is 1.53. The van der Waals surface area contributed by atoms with Crippen LogP contribution in [-0.4, -0.2) is 24.4 Å². The maximum atomic E-state index is 12.2. The van der Waals surface area contributed by atoms with Crippen LogP contribution in [0.2, 0.25) is 0 Å². The smallest absolute Gasteiger partial charge is 0.251 e. The van der Waals surface area contributed by atoms with Gasteiger partial charge in [0.15, 0.2) is 17.3 Å². The number of amides is 2. The molecule has 0 bridgehead atoms. The lowest BCUT2D eigenvalue weighted by Crippen LogP contribution is -2.22. The molecule has 2 aromatic rings. The normalized spacial score (nSPS) is 12.4. The third kappa shape index (κ3) is 4.76. The molecule has 0 aliphatic carbocycles. The topological polar surface area (TPSA) is 93.7 Å². The predicted octanol–water partition coefficient (Wildman–Crippen LogP) is 2.82. The van der Waals surface area contributed by atoms with Crippen LogP contribution in [0.3, 0.4) is 0 Å². The first-order chi connectivity index (χ1) is 13.4. The molecule has 0 spiro atoms. The first kappa shape index (κ1) is 19.2. The molecule has 0 fully saturated rings. The van der Waals surface area contributed by atoms with Gasteiger partial charge in [-0.05, 0) is 55.8 Å². The highest BCUT2D eigenvalue weighted by atomic mass is 16.7. The molecule has 28 heavy (non-hydrogen) atoms. The zero-order valence-electron chi connectivity index (χ0n) is 15.6. The highest BCUT2D eigenvalue weighted by Crippen LogP contribution is 2.32. The molecule has 2 N–H and O–H groups in total. The van der Waals surface area contributed by atoms with Crippen LogP contribution in [0.4, 0.5) is 5.69 Å². The molecule has 0 saturated heterocycles. The molecule has 1 heterocycles. The minimum Gasteiger partial charge on any atom is -0.454 e. The number of hydrogen-bond acceptors (Lipinski definition) is 5. The van der Waals surface area contributed by atoms with Crippen LogP contribution in [0.5, 0.6) is 11.5 Å². The molecule has 0 atom stereocenters. The SMILES string of the molecule is CC(=O)c1ccc(NC(=O)/C(C)=C\C(=O)NCc2ccc3c(c2)OCO3)cc1. The number of carbonyl (C=O) groups excluding carboxylic acids is 3. The van der Waals surface area contributed by atoms with Crippen LogP contribution in [0, 0.1) is 0 Å². The lowest BCUT2D eigenvalue weighted by molar-refractivity contribution is -0.117. The highest BCUT2D eigenvalue weighted by molar-refractivity contribution is 6.07. The van der Waals surface area contributed by atoms with Gasteiger partial charge >= 0.3 is 0 Å². The molecule has 2 amide bonds. The van der Waals surface area contributed by atoms with Crippen molar-refractivity contribution < 1.29 is 23.9 Å². The minimum absolute atomic E-state index is 0.0481. The Morgan fingerprint density at radius 3 is 2.43 bits per heavy atom. The van der Waals surface area contributed by atoms with Gasteiger partial charge in [0.25, 0.3) is 5.91 Å². The zero-order valence-corrected chi connectivity index (χ0v) is 15.6. The van der Waals surface area contributed by atoms with Crippen molar-refractivity contribution in [1.29, 1.82) is 0 Å². The van der Waals surface area contributed by atoms with E-state index in [0.717, 1.165) is 5.56 Å². The van der Waals surface area contributed by atoms with E-state index >= 15 is 0 Å². The summed E-state index contributed by atoms with van der Waals surface area (Å²) in [6.45, 7) is 3.52. The first-order valence-electron chi connectivity index (χ1n) is 8.69. The summed E-state index contributed by atoms with van der Waals surface area (Å²) >= 11 is 0. The molecule has 2 aromatic carbocycles. The molecule has 1 aliphatic heterocycles. The van der Waals surface area contributed by atoms with E-state index in [1.165, 1.54) is 13.0 Å². The van der Waals surface area contributed by atoms with E-state index in [1.54, 1.807) is 43.3 Å². The quantitative estimate of drug-likeness (QED) is 0.594. The van der Waals surface area contributed by atoms with Crippen LogP contribution in [0.25, 0.3) is 0 Å². The first-order valence-corrected chi connectivity index (χ1v) is 8.69. The van der Waals surface area contributed by atoms with Crippen LogP contribution >= 0.6 is 0 Å². The Bertz CT molecular complexity index is 948. The maximum absolute atomic E-state index is 12.2. The predicted molar refractivity (Wildman–Crippen MR) is 103 cm³/mol. The third-order valence-electron chi connectivity index (χ3n) is 4.16. The van der Waals surface area contributed by atoms with E-state index < -0.39 is 5.91 Å². The van der Waals surface area contributed by atoms with Gasteiger partial charge in [-0.25, -0.2) is 0 Å². The summed E-state index contributed by atoms with van der Waals surface area (Å²) in [5, 5.41) is 5.42. The van der Waals surface area contributed by atoms with Gasteiger partial charge in [-0.1, -0.05) is 6.07 Å². The average Bonchev–Trinajstić information content (AvgIpc) is 3.14. The molecule has 7 nitrogen and oxygen atoms in total. The van der Waals surface area contributed by atoms with E-state index in [1.807, 2.05) is 6.07 Å². The summed E-state index contributed by atoms with van der Waals surface area (Å²) in [6, 6.07) is 12.0.